The predicted molar refractivity (Wildman–Crippen MR) is 125 cm³/mol. The van der Waals surface area contributed by atoms with Gasteiger partial charge in [0.15, 0.2) is 5.82 Å². The minimum atomic E-state index is 0.681. The Hall–Kier alpha value is -3.58. The van der Waals surface area contributed by atoms with E-state index in [4.69, 9.17) is 16.6 Å². The zero-order chi connectivity index (χ0) is 20.8. The van der Waals surface area contributed by atoms with Crippen molar-refractivity contribution in [2.45, 2.75) is 0 Å². The fraction of sp³-hybridized carbons (Fsp3) is 0.174. The number of piperazine rings is 1. The van der Waals surface area contributed by atoms with E-state index in [0.29, 0.717) is 5.02 Å². The quantitative estimate of drug-likeness (QED) is 0.442. The van der Waals surface area contributed by atoms with E-state index >= 15 is 0 Å². The number of anilines is 2. The van der Waals surface area contributed by atoms with Gasteiger partial charge < -0.3 is 14.8 Å². The van der Waals surface area contributed by atoms with Gasteiger partial charge in [-0.3, -0.25) is 5.10 Å². The van der Waals surface area contributed by atoms with Gasteiger partial charge >= 0.3 is 0 Å². The third kappa shape index (κ3) is 3.27. The SMILES string of the molecule is Clc1ccc2c(-c3nc4ccc(N5CCN(c6ccccn6)CC5)cc4[nH]3)n[nH]c2c1. The van der Waals surface area contributed by atoms with Gasteiger partial charge in [0, 0.05) is 48.5 Å². The average molecular weight is 430 g/mol. The highest BCUT2D eigenvalue weighted by Crippen LogP contribution is 2.29. The number of hydrogen-bond acceptors (Lipinski definition) is 5. The molecule has 154 valence electrons. The number of rotatable bonds is 3. The van der Waals surface area contributed by atoms with Crippen molar-refractivity contribution < 1.29 is 0 Å². The second-order valence-corrected chi connectivity index (χ2v) is 8.15. The van der Waals surface area contributed by atoms with Crippen LogP contribution in [0.2, 0.25) is 5.02 Å². The number of H-pyrrole nitrogens is 2. The number of hydrogen-bond donors (Lipinski definition) is 2. The molecule has 0 radical (unpaired) electrons. The van der Waals surface area contributed by atoms with Gasteiger partial charge in [0.1, 0.15) is 11.5 Å². The molecule has 2 N–H and O–H groups in total. The second-order valence-electron chi connectivity index (χ2n) is 7.71. The number of fused-ring (bicyclic) bond motifs is 2. The van der Waals surface area contributed by atoms with Crippen LogP contribution in [0.5, 0.6) is 0 Å². The number of nitrogens with one attached hydrogen (secondary N) is 2. The molecule has 0 unspecified atom stereocenters. The van der Waals surface area contributed by atoms with Crippen LogP contribution in [-0.4, -0.2) is 51.3 Å². The molecule has 0 bridgehead atoms. The van der Waals surface area contributed by atoms with Gasteiger partial charge in [-0.05, 0) is 48.5 Å². The van der Waals surface area contributed by atoms with E-state index in [1.165, 1.54) is 5.69 Å². The van der Waals surface area contributed by atoms with Gasteiger partial charge in [-0.15, -0.1) is 0 Å². The van der Waals surface area contributed by atoms with Crippen molar-refractivity contribution >= 4 is 45.0 Å². The third-order valence-corrected chi connectivity index (χ3v) is 6.07. The first-order valence-electron chi connectivity index (χ1n) is 10.3. The molecule has 5 aromatic rings. The molecular weight excluding hydrogens is 410 g/mol. The lowest BCUT2D eigenvalue weighted by Gasteiger charge is -2.36. The Morgan fingerprint density at radius 1 is 0.871 bits per heavy atom. The second kappa shape index (κ2) is 7.28. The van der Waals surface area contributed by atoms with E-state index in [0.717, 1.165) is 65.5 Å². The van der Waals surface area contributed by atoms with Crippen LogP contribution in [-0.2, 0) is 0 Å². The smallest absolute Gasteiger partial charge is 0.159 e. The van der Waals surface area contributed by atoms with Gasteiger partial charge in [-0.1, -0.05) is 17.7 Å². The molecule has 6 rings (SSSR count). The summed E-state index contributed by atoms with van der Waals surface area (Å²) < 4.78 is 0. The number of aromatic amines is 2. The summed E-state index contributed by atoms with van der Waals surface area (Å²) in [6, 6.07) is 18.2. The van der Waals surface area contributed by atoms with Crippen molar-refractivity contribution in [3.05, 3.63) is 65.8 Å². The van der Waals surface area contributed by atoms with Crippen molar-refractivity contribution in [1.82, 2.24) is 25.1 Å². The molecule has 1 aliphatic rings. The Labute approximate surface area is 183 Å². The lowest BCUT2D eigenvalue weighted by molar-refractivity contribution is 0.648. The fourth-order valence-electron chi connectivity index (χ4n) is 4.21. The van der Waals surface area contributed by atoms with Crippen LogP contribution in [0.15, 0.2) is 60.8 Å². The van der Waals surface area contributed by atoms with E-state index < -0.39 is 0 Å². The maximum atomic E-state index is 6.09. The monoisotopic (exact) mass is 429 g/mol. The molecule has 3 aromatic heterocycles. The lowest BCUT2D eigenvalue weighted by Crippen LogP contribution is -2.46. The van der Waals surface area contributed by atoms with E-state index in [1.807, 2.05) is 36.5 Å². The molecule has 1 saturated heterocycles. The Bertz CT molecular complexity index is 1370. The van der Waals surface area contributed by atoms with Crippen LogP contribution in [0.3, 0.4) is 0 Å². The number of halogens is 1. The molecule has 0 aliphatic carbocycles. The first-order valence-corrected chi connectivity index (χ1v) is 10.7. The molecule has 0 saturated carbocycles. The Morgan fingerprint density at radius 3 is 2.58 bits per heavy atom. The summed E-state index contributed by atoms with van der Waals surface area (Å²) >= 11 is 6.09. The van der Waals surface area contributed by atoms with Gasteiger partial charge in [-0.25, -0.2) is 9.97 Å². The van der Waals surface area contributed by atoms with Crippen molar-refractivity contribution in [3.8, 4) is 11.5 Å². The van der Waals surface area contributed by atoms with E-state index in [9.17, 15) is 0 Å². The average Bonchev–Trinajstić information content (AvgIpc) is 3.42. The third-order valence-electron chi connectivity index (χ3n) is 5.83. The minimum absolute atomic E-state index is 0.681. The molecule has 2 aromatic carbocycles. The maximum Gasteiger partial charge on any atom is 0.159 e. The van der Waals surface area contributed by atoms with Crippen molar-refractivity contribution in [2.24, 2.45) is 0 Å². The van der Waals surface area contributed by atoms with Gasteiger partial charge in [0.25, 0.3) is 0 Å². The highest BCUT2D eigenvalue weighted by molar-refractivity contribution is 6.31. The molecule has 0 amide bonds. The summed E-state index contributed by atoms with van der Waals surface area (Å²) in [5.74, 6) is 1.80. The summed E-state index contributed by atoms with van der Waals surface area (Å²) in [7, 11) is 0. The van der Waals surface area contributed by atoms with Crippen molar-refractivity contribution in [2.75, 3.05) is 36.0 Å². The number of imidazole rings is 1. The first kappa shape index (κ1) is 18.2. The van der Waals surface area contributed by atoms with Crippen LogP contribution in [0.25, 0.3) is 33.5 Å². The maximum absolute atomic E-state index is 6.09. The number of aromatic nitrogens is 5. The first-order chi connectivity index (χ1) is 15.2. The molecule has 1 fully saturated rings. The summed E-state index contributed by atoms with van der Waals surface area (Å²) in [5, 5.41) is 9.17. The Balaban J connectivity index is 1.26. The van der Waals surface area contributed by atoms with Gasteiger partial charge in [-0.2, -0.15) is 5.10 Å². The molecule has 7 nitrogen and oxygen atoms in total. The van der Waals surface area contributed by atoms with Crippen molar-refractivity contribution in [3.63, 3.8) is 0 Å². The highest BCUT2D eigenvalue weighted by atomic mass is 35.5. The van der Waals surface area contributed by atoms with Gasteiger partial charge in [0.2, 0.25) is 0 Å². The molecule has 1 aliphatic heterocycles. The number of pyridine rings is 1. The van der Waals surface area contributed by atoms with Crippen LogP contribution in [0.4, 0.5) is 11.5 Å². The van der Waals surface area contributed by atoms with Crippen molar-refractivity contribution in [1.29, 1.82) is 0 Å². The van der Waals surface area contributed by atoms with E-state index in [-0.39, 0.29) is 0 Å². The summed E-state index contributed by atoms with van der Waals surface area (Å²) in [6.45, 7) is 3.80. The minimum Gasteiger partial charge on any atom is -0.368 e. The highest BCUT2D eigenvalue weighted by Gasteiger charge is 2.19. The molecule has 31 heavy (non-hydrogen) atoms. The largest absolute Gasteiger partial charge is 0.368 e. The lowest BCUT2D eigenvalue weighted by atomic mass is 10.2. The predicted octanol–water partition coefficient (Wildman–Crippen LogP) is 4.48. The van der Waals surface area contributed by atoms with Crippen LogP contribution in [0.1, 0.15) is 0 Å². The standard InChI is InChI=1S/C23H20ClN7/c24-15-4-6-17-19(13-15)28-29-22(17)23-26-18-7-5-16(14-20(18)27-23)30-9-11-31(12-10-30)21-3-1-2-8-25-21/h1-8,13-14H,9-12H2,(H,26,27)(H,28,29). The molecular formula is C23H20ClN7. The zero-order valence-electron chi connectivity index (χ0n) is 16.7. The Morgan fingerprint density at radius 2 is 1.74 bits per heavy atom. The summed E-state index contributed by atoms with van der Waals surface area (Å²) in [6.07, 6.45) is 1.85. The van der Waals surface area contributed by atoms with E-state index in [1.54, 1.807) is 0 Å². The Kier molecular flexibility index (Phi) is 4.28. The van der Waals surface area contributed by atoms with Gasteiger partial charge in [0.05, 0.1) is 16.6 Å². The van der Waals surface area contributed by atoms with Crippen LogP contribution < -0.4 is 9.80 Å². The summed E-state index contributed by atoms with van der Waals surface area (Å²) in [4.78, 5) is 17.4. The number of benzene rings is 2. The molecule has 0 atom stereocenters. The van der Waals surface area contributed by atoms with Crippen LogP contribution in [0, 0.1) is 0 Å². The molecule has 4 heterocycles. The number of nitrogens with zero attached hydrogens (tertiary/aromatic N) is 5. The fourth-order valence-corrected chi connectivity index (χ4v) is 4.39. The zero-order valence-corrected chi connectivity index (χ0v) is 17.5. The molecule has 0 spiro atoms. The molecule has 8 heteroatoms. The summed E-state index contributed by atoms with van der Waals surface area (Å²) in [5.41, 5.74) is 4.82. The van der Waals surface area contributed by atoms with Crippen LogP contribution >= 0.6 is 11.6 Å². The topological polar surface area (TPSA) is 76.7 Å². The normalized spacial score (nSPS) is 14.6. The van der Waals surface area contributed by atoms with E-state index in [2.05, 4.69) is 54.2 Å².